The first-order valence-corrected chi connectivity index (χ1v) is 11.0. The maximum Gasteiger partial charge on any atom is 0.247 e. The van der Waals surface area contributed by atoms with E-state index in [2.05, 4.69) is 5.32 Å². The summed E-state index contributed by atoms with van der Waals surface area (Å²) in [6, 6.07) is 3.20. The predicted octanol–water partition coefficient (Wildman–Crippen LogP) is 1.22. The third kappa shape index (κ3) is 3.72. The summed E-state index contributed by atoms with van der Waals surface area (Å²) < 4.78 is 31.3. The van der Waals surface area contributed by atoms with Crippen LogP contribution in [0.5, 0.6) is 5.75 Å². The van der Waals surface area contributed by atoms with E-state index in [4.69, 9.17) is 4.74 Å². The number of sulfonamides is 1. The Hall–Kier alpha value is -2.72. The van der Waals surface area contributed by atoms with Crippen LogP contribution in [0, 0.1) is 11.8 Å². The van der Waals surface area contributed by atoms with Gasteiger partial charge in [-0.3, -0.25) is 19.3 Å². The van der Waals surface area contributed by atoms with Gasteiger partial charge in [-0.15, -0.1) is 0 Å². The number of nitrogens with zero attached hydrogens (tertiary/aromatic N) is 2. The van der Waals surface area contributed by atoms with Gasteiger partial charge in [-0.25, -0.2) is 12.7 Å². The van der Waals surface area contributed by atoms with E-state index in [1.165, 1.54) is 46.3 Å². The number of imide groups is 1. The molecule has 0 bridgehead atoms. The SMILES string of the molecule is COc1ccc(NC(=O)[C@@H](C)N2C(=O)[C@H]3CC=CC[C@H]3C2=O)cc1S(=O)(=O)N(C)C. The summed E-state index contributed by atoms with van der Waals surface area (Å²) in [5.74, 6) is -1.98. The van der Waals surface area contributed by atoms with E-state index < -0.39 is 33.8 Å². The highest BCUT2D eigenvalue weighted by molar-refractivity contribution is 7.89. The number of amides is 3. The second-order valence-electron chi connectivity index (χ2n) is 7.52. The molecule has 3 atom stereocenters. The van der Waals surface area contributed by atoms with Crippen LogP contribution in [-0.4, -0.2) is 62.6 Å². The molecule has 1 N–H and O–H groups in total. The van der Waals surface area contributed by atoms with Gasteiger partial charge in [0.25, 0.3) is 0 Å². The maximum atomic E-state index is 12.8. The molecule has 0 radical (unpaired) electrons. The third-order valence-electron chi connectivity index (χ3n) is 5.50. The van der Waals surface area contributed by atoms with Gasteiger partial charge in [0.15, 0.2) is 0 Å². The number of hydrogen-bond acceptors (Lipinski definition) is 6. The molecule has 3 rings (SSSR count). The van der Waals surface area contributed by atoms with Crippen molar-refractivity contribution >= 4 is 33.4 Å². The van der Waals surface area contributed by atoms with Crippen molar-refractivity contribution in [2.45, 2.75) is 30.7 Å². The molecule has 1 aliphatic heterocycles. The van der Waals surface area contributed by atoms with Gasteiger partial charge in [0.2, 0.25) is 27.7 Å². The Kier molecular flexibility index (Phi) is 6.00. The van der Waals surface area contributed by atoms with Gasteiger partial charge in [0.1, 0.15) is 16.7 Å². The number of nitrogens with one attached hydrogen (secondary N) is 1. The van der Waals surface area contributed by atoms with Gasteiger partial charge in [-0.1, -0.05) is 12.2 Å². The molecule has 1 fully saturated rings. The lowest BCUT2D eigenvalue weighted by Gasteiger charge is -2.23. The summed E-state index contributed by atoms with van der Waals surface area (Å²) >= 11 is 0. The zero-order valence-corrected chi connectivity index (χ0v) is 18.1. The van der Waals surface area contributed by atoms with Crippen molar-refractivity contribution in [2.75, 3.05) is 26.5 Å². The molecule has 0 aromatic heterocycles. The highest BCUT2D eigenvalue weighted by Crippen LogP contribution is 2.36. The monoisotopic (exact) mass is 435 g/mol. The number of carbonyl (C=O) groups is 3. The van der Waals surface area contributed by atoms with Crippen LogP contribution in [0.25, 0.3) is 0 Å². The standard InChI is InChI=1S/C20H25N3O6S/c1-12(23-19(25)14-7-5-6-8-15(14)20(23)26)18(24)21-13-9-10-16(29-4)17(11-13)30(27,28)22(2)3/h5-6,9-12,14-15H,7-8H2,1-4H3,(H,21,24)/t12-,14-,15+/m1/s1. The van der Waals surface area contributed by atoms with Crippen LogP contribution in [0.4, 0.5) is 5.69 Å². The molecule has 0 spiro atoms. The van der Waals surface area contributed by atoms with Crippen molar-refractivity contribution in [2.24, 2.45) is 11.8 Å². The fourth-order valence-electron chi connectivity index (χ4n) is 3.72. The summed E-state index contributed by atoms with van der Waals surface area (Å²) in [6.45, 7) is 1.48. The number of ether oxygens (including phenoxy) is 1. The minimum Gasteiger partial charge on any atom is -0.495 e. The number of likely N-dealkylation sites (tertiary alicyclic amines) is 1. The van der Waals surface area contributed by atoms with Gasteiger partial charge >= 0.3 is 0 Å². The zero-order chi connectivity index (χ0) is 22.2. The van der Waals surface area contributed by atoms with Gasteiger partial charge in [-0.05, 0) is 38.0 Å². The molecule has 1 heterocycles. The molecule has 0 saturated carbocycles. The quantitative estimate of drug-likeness (QED) is 0.531. The van der Waals surface area contributed by atoms with Gasteiger partial charge < -0.3 is 10.1 Å². The van der Waals surface area contributed by atoms with E-state index in [9.17, 15) is 22.8 Å². The van der Waals surface area contributed by atoms with Crippen LogP contribution in [0.3, 0.4) is 0 Å². The van der Waals surface area contributed by atoms with Gasteiger partial charge in [0.05, 0.1) is 18.9 Å². The Morgan fingerprint density at radius 1 is 1.17 bits per heavy atom. The summed E-state index contributed by atoms with van der Waals surface area (Å²) in [5, 5.41) is 2.60. The molecule has 1 aliphatic carbocycles. The zero-order valence-electron chi connectivity index (χ0n) is 17.3. The molecule has 1 aromatic carbocycles. The molecule has 3 amide bonds. The van der Waals surface area contributed by atoms with E-state index in [0.29, 0.717) is 12.8 Å². The summed E-state index contributed by atoms with van der Waals surface area (Å²) in [7, 11) is 0.316. The summed E-state index contributed by atoms with van der Waals surface area (Å²) in [5.41, 5.74) is 0.214. The second-order valence-corrected chi connectivity index (χ2v) is 9.64. The first kappa shape index (κ1) is 22.0. The topological polar surface area (TPSA) is 113 Å². The largest absolute Gasteiger partial charge is 0.495 e. The second kappa shape index (κ2) is 8.19. The molecule has 1 aromatic rings. The Bertz CT molecular complexity index is 991. The summed E-state index contributed by atoms with van der Waals surface area (Å²) in [4.78, 5) is 39.1. The predicted molar refractivity (Wildman–Crippen MR) is 109 cm³/mol. The Balaban J connectivity index is 1.82. The van der Waals surface area contributed by atoms with Crippen LogP contribution in [0.15, 0.2) is 35.2 Å². The molecule has 162 valence electrons. The number of carbonyl (C=O) groups excluding carboxylic acids is 3. The van der Waals surface area contributed by atoms with Crippen molar-refractivity contribution in [1.82, 2.24) is 9.21 Å². The number of benzene rings is 1. The van der Waals surface area contributed by atoms with E-state index in [-0.39, 0.29) is 28.1 Å². The molecule has 9 nitrogen and oxygen atoms in total. The highest BCUT2D eigenvalue weighted by atomic mass is 32.2. The average Bonchev–Trinajstić information content (AvgIpc) is 2.97. The van der Waals surface area contributed by atoms with Crippen LogP contribution in [0.1, 0.15) is 19.8 Å². The molecule has 30 heavy (non-hydrogen) atoms. The smallest absolute Gasteiger partial charge is 0.247 e. The first-order valence-electron chi connectivity index (χ1n) is 9.53. The van der Waals surface area contributed by atoms with Crippen molar-refractivity contribution in [3.05, 3.63) is 30.4 Å². The Morgan fingerprint density at radius 3 is 2.23 bits per heavy atom. The number of anilines is 1. The lowest BCUT2D eigenvalue weighted by Crippen LogP contribution is -2.46. The van der Waals surface area contributed by atoms with Crippen LogP contribution >= 0.6 is 0 Å². The molecule has 1 saturated heterocycles. The number of allylic oxidation sites excluding steroid dienone is 2. The molecule has 0 unspecified atom stereocenters. The average molecular weight is 436 g/mol. The van der Waals surface area contributed by atoms with E-state index in [1.54, 1.807) is 0 Å². The van der Waals surface area contributed by atoms with Gasteiger partial charge in [0, 0.05) is 19.8 Å². The lowest BCUT2D eigenvalue weighted by molar-refractivity contribution is -0.146. The Labute approximate surface area is 175 Å². The molecular weight excluding hydrogens is 410 g/mol. The normalized spacial score (nSPS) is 22.2. The molecule has 2 aliphatic rings. The minimum atomic E-state index is -3.81. The fourth-order valence-corrected chi connectivity index (χ4v) is 4.80. The maximum absolute atomic E-state index is 12.8. The third-order valence-corrected chi connectivity index (χ3v) is 7.33. The minimum absolute atomic E-state index is 0.106. The van der Waals surface area contributed by atoms with Crippen molar-refractivity contribution in [1.29, 1.82) is 0 Å². The number of hydrogen-bond donors (Lipinski definition) is 1. The van der Waals surface area contributed by atoms with Crippen LogP contribution in [0.2, 0.25) is 0 Å². The number of rotatable bonds is 6. The highest BCUT2D eigenvalue weighted by Gasteiger charge is 2.50. The Morgan fingerprint density at radius 2 is 1.73 bits per heavy atom. The van der Waals surface area contributed by atoms with Crippen LogP contribution in [-0.2, 0) is 24.4 Å². The lowest BCUT2D eigenvalue weighted by atomic mass is 9.85. The number of fused-ring (bicyclic) bond motifs is 1. The molecular formula is C20H25N3O6S. The molecule has 10 heteroatoms. The van der Waals surface area contributed by atoms with Crippen molar-refractivity contribution < 1.29 is 27.5 Å². The fraction of sp³-hybridized carbons (Fsp3) is 0.450. The van der Waals surface area contributed by atoms with E-state index in [1.807, 2.05) is 12.2 Å². The van der Waals surface area contributed by atoms with Crippen molar-refractivity contribution in [3.8, 4) is 5.75 Å². The van der Waals surface area contributed by atoms with E-state index >= 15 is 0 Å². The van der Waals surface area contributed by atoms with Gasteiger partial charge in [-0.2, -0.15) is 0 Å². The summed E-state index contributed by atoms with van der Waals surface area (Å²) in [6.07, 6.45) is 4.74. The van der Waals surface area contributed by atoms with Crippen molar-refractivity contribution in [3.63, 3.8) is 0 Å². The van der Waals surface area contributed by atoms with E-state index in [0.717, 1.165) is 9.21 Å². The first-order chi connectivity index (χ1) is 14.1. The van der Waals surface area contributed by atoms with Crippen LogP contribution < -0.4 is 10.1 Å². The number of methoxy groups -OCH3 is 1.